The van der Waals surface area contributed by atoms with Crippen LogP contribution < -0.4 is 0 Å². The molecule has 0 bridgehead atoms. The highest BCUT2D eigenvalue weighted by Crippen LogP contribution is 2.75. The van der Waals surface area contributed by atoms with E-state index < -0.39 is 177 Å². The minimum Gasteiger partial charge on any atom is -0.396 e. The third-order valence-corrected chi connectivity index (χ3v) is 20.2. The molecule has 23 nitrogen and oxygen atoms in total. The molecule has 74 heavy (non-hydrogen) atoms. The zero-order valence-corrected chi connectivity index (χ0v) is 43.1. The minimum absolute atomic E-state index is 0.0283. The first kappa shape index (κ1) is 57.2. The van der Waals surface area contributed by atoms with Crippen LogP contribution in [-0.4, -0.2) is 240 Å². The molecular weight excluding hydrogens is 981 g/mol. The third kappa shape index (κ3) is 8.74. The van der Waals surface area contributed by atoms with Gasteiger partial charge in [0, 0.05) is 17.3 Å². The van der Waals surface area contributed by atoms with Gasteiger partial charge in [-0.25, -0.2) is 0 Å². The maximum atomic E-state index is 13.0. The van der Waals surface area contributed by atoms with E-state index in [-0.39, 0.29) is 29.6 Å². The van der Waals surface area contributed by atoms with Gasteiger partial charge in [-0.15, -0.1) is 0 Å². The van der Waals surface area contributed by atoms with Crippen molar-refractivity contribution in [1.82, 2.24) is 0 Å². The summed E-state index contributed by atoms with van der Waals surface area (Å²) in [6.45, 7) is 8.97. The van der Waals surface area contributed by atoms with Gasteiger partial charge in [-0.05, 0) is 74.0 Å². The largest absolute Gasteiger partial charge is 0.396 e. The quantitative estimate of drug-likeness (QED) is 0.0779. The number of allylic oxidation sites excluding steroid dienone is 2. The van der Waals surface area contributed by atoms with Gasteiger partial charge < -0.3 is 109 Å². The summed E-state index contributed by atoms with van der Waals surface area (Å²) in [6, 6.07) is 0. The molecule has 7 fully saturated rings. The van der Waals surface area contributed by atoms with Gasteiger partial charge in [0.1, 0.15) is 90.6 Å². The van der Waals surface area contributed by atoms with Crippen molar-refractivity contribution < 1.29 is 114 Å². The normalized spacial score (nSPS) is 54.6. The number of Topliss-reactive ketones (excluding diaryl/α,β-unsaturated/α-hetero) is 1. The van der Waals surface area contributed by atoms with E-state index in [9.17, 15) is 71.2 Å². The van der Waals surface area contributed by atoms with E-state index in [0.29, 0.717) is 44.9 Å². The van der Waals surface area contributed by atoms with Crippen molar-refractivity contribution in [2.45, 2.75) is 227 Å². The maximum Gasteiger partial charge on any atom is 0.187 e. The first-order chi connectivity index (χ1) is 34.8. The molecule has 0 aromatic rings. The van der Waals surface area contributed by atoms with Gasteiger partial charge in [0.2, 0.25) is 0 Å². The van der Waals surface area contributed by atoms with Gasteiger partial charge in [-0.1, -0.05) is 52.7 Å². The van der Waals surface area contributed by atoms with Crippen molar-refractivity contribution in [3.05, 3.63) is 11.1 Å². The highest BCUT2D eigenvalue weighted by Gasteiger charge is 2.75. The molecule has 13 N–H and O–H groups in total. The van der Waals surface area contributed by atoms with Gasteiger partial charge >= 0.3 is 0 Å². The lowest BCUT2D eigenvalue weighted by Gasteiger charge is -2.63. The number of rotatable bonds is 14. The van der Waals surface area contributed by atoms with Crippen molar-refractivity contribution in [2.75, 3.05) is 39.6 Å². The fraction of sp³-hybridized carbons (Fsp3) is 0.941. The first-order valence-electron chi connectivity index (χ1n) is 26.6. The number of carbonyl (C=O) groups excluding carboxylic acids is 1. The van der Waals surface area contributed by atoms with E-state index in [1.165, 1.54) is 11.1 Å². The van der Waals surface area contributed by atoms with Crippen LogP contribution in [0.25, 0.3) is 0 Å². The van der Waals surface area contributed by atoms with Crippen molar-refractivity contribution in [2.24, 2.45) is 33.5 Å². The Kier molecular flexibility index (Phi) is 16.1. The molecule has 5 aliphatic heterocycles. The van der Waals surface area contributed by atoms with Crippen molar-refractivity contribution in [3.8, 4) is 0 Å². The van der Waals surface area contributed by atoms with Gasteiger partial charge in [0.15, 0.2) is 30.9 Å². The molecule has 9 aliphatic rings. The van der Waals surface area contributed by atoms with Crippen LogP contribution in [0, 0.1) is 33.5 Å². The maximum absolute atomic E-state index is 13.0. The Balaban J connectivity index is 0.897. The lowest BCUT2D eigenvalue weighted by atomic mass is 9.42. The average Bonchev–Trinajstić information content (AvgIpc) is 3.95. The predicted molar refractivity (Wildman–Crippen MR) is 250 cm³/mol. The second kappa shape index (κ2) is 20.9. The molecule has 0 unspecified atom stereocenters. The Labute approximate surface area is 430 Å². The molecule has 0 aromatic carbocycles. The second-order valence-corrected chi connectivity index (χ2v) is 23.9. The fourth-order valence-corrected chi connectivity index (χ4v) is 15.5. The van der Waals surface area contributed by atoms with Crippen LogP contribution in [0.1, 0.15) is 99.3 Å². The van der Waals surface area contributed by atoms with E-state index in [1.54, 1.807) is 0 Å². The number of aliphatic hydroxyl groups is 13. The SMILES string of the molecule is CCC(=O)[C@H]1C[C@@H](C)[C@@]2(O1)[C@@H](O)C[C@@]1(C)C3=C(CC[C@]21C)[C@@]1(C)CC[C@H](O[C@@H]2O[C@H](CO[C@@H]4OC[C@H](O)[C@H](O)[C@H]4O[C@@H]4O[C@H](CO)[C@@H](O)[C@H](O)[C@H]4O[C@@H]4OC[C@](O)(CO)[C@H]4O)[C@@H](O)[C@H](O)[C@H]2O)[C@](C)(CO)[C@@H]1CC3. The molecule has 1 spiro atoms. The van der Waals surface area contributed by atoms with E-state index >= 15 is 0 Å². The van der Waals surface area contributed by atoms with Crippen LogP contribution in [0.3, 0.4) is 0 Å². The molecule has 0 radical (unpaired) electrons. The second-order valence-electron chi connectivity index (χ2n) is 23.9. The minimum atomic E-state index is -2.14. The molecule has 5 saturated heterocycles. The van der Waals surface area contributed by atoms with Crippen LogP contribution in [-0.2, 0) is 47.4 Å². The molecule has 27 atom stereocenters. The van der Waals surface area contributed by atoms with E-state index in [4.69, 9.17) is 42.6 Å². The zero-order valence-electron chi connectivity index (χ0n) is 43.1. The van der Waals surface area contributed by atoms with Crippen molar-refractivity contribution >= 4 is 5.78 Å². The lowest BCUT2D eigenvalue weighted by Crippen LogP contribution is -2.65. The van der Waals surface area contributed by atoms with E-state index in [0.717, 1.165) is 12.8 Å². The smallest absolute Gasteiger partial charge is 0.187 e. The van der Waals surface area contributed by atoms with Crippen LogP contribution in [0.5, 0.6) is 0 Å². The Bertz CT molecular complexity index is 2050. The summed E-state index contributed by atoms with van der Waals surface area (Å²) in [5, 5.41) is 142. The molecular formula is C51H82O23. The summed E-state index contributed by atoms with van der Waals surface area (Å²) >= 11 is 0. The Hall–Kier alpha value is -1.47. The number of carbonyl (C=O) groups is 1. The van der Waals surface area contributed by atoms with Gasteiger partial charge in [-0.3, -0.25) is 4.79 Å². The van der Waals surface area contributed by atoms with Crippen LogP contribution in [0.2, 0.25) is 0 Å². The molecule has 23 heteroatoms. The predicted octanol–water partition coefficient (Wildman–Crippen LogP) is -2.86. The standard InChI is InChI=1S/C51H82O23/c1-7-25(55)27-14-22(2)51(74-27)31(57)15-48(5)24-8-9-30-46(3,23(24)10-13-49(48,51)6)12-11-32(47(30,4)19-53)71-42-38(63)36(61)35(60)29(70-42)18-67-43-39(33(58)26(56)17-66-43)72-44-40(37(62)34(59)28(16-52)69-44)73-45-41(64)50(65,20-54)21-68-45/h22,26-45,52-54,56-65H,7-21H2,1-6H3/t22-,26+,27-,28-,29-,30-,31+,32+,33+,34-,35-,36+,37+,38-,39-,40-,41+,42+,43+,44+,45+,46-,47-,48+,49+,50-,51-/m1/s1. The zero-order chi connectivity index (χ0) is 53.8. The number of ether oxygens (including phenoxy) is 9. The molecule has 9 rings (SSSR count). The van der Waals surface area contributed by atoms with Crippen LogP contribution in [0.4, 0.5) is 0 Å². The number of hydrogen-bond donors (Lipinski definition) is 13. The monoisotopic (exact) mass is 1060 g/mol. The molecule has 0 amide bonds. The summed E-state index contributed by atoms with van der Waals surface area (Å²) < 4.78 is 54.1. The van der Waals surface area contributed by atoms with Crippen molar-refractivity contribution in [1.29, 1.82) is 0 Å². The van der Waals surface area contributed by atoms with Crippen LogP contribution in [0.15, 0.2) is 11.1 Å². The number of hydrogen-bond acceptors (Lipinski definition) is 23. The topological polar surface area (TPSA) is 363 Å². The lowest BCUT2D eigenvalue weighted by molar-refractivity contribution is -0.378. The highest BCUT2D eigenvalue weighted by atomic mass is 16.8. The van der Waals surface area contributed by atoms with Gasteiger partial charge in [0.05, 0.1) is 51.8 Å². The Morgan fingerprint density at radius 1 is 0.716 bits per heavy atom. The fourth-order valence-electron chi connectivity index (χ4n) is 15.5. The average molecular weight is 1060 g/mol. The number of ketones is 1. The van der Waals surface area contributed by atoms with Crippen LogP contribution >= 0.6 is 0 Å². The number of aliphatic hydroxyl groups excluding tert-OH is 12. The highest BCUT2D eigenvalue weighted by molar-refractivity contribution is 5.83. The Morgan fingerprint density at radius 3 is 2.05 bits per heavy atom. The summed E-state index contributed by atoms with van der Waals surface area (Å²) in [6.07, 6.45) is -23.9. The van der Waals surface area contributed by atoms with E-state index in [1.807, 2.05) is 13.8 Å². The third-order valence-electron chi connectivity index (χ3n) is 20.2. The van der Waals surface area contributed by atoms with Crippen molar-refractivity contribution in [3.63, 3.8) is 0 Å². The molecule has 4 aliphatic carbocycles. The molecule has 2 saturated carbocycles. The molecule has 0 aromatic heterocycles. The summed E-state index contributed by atoms with van der Waals surface area (Å²) in [5.74, 6) is -0.0795. The van der Waals surface area contributed by atoms with Gasteiger partial charge in [0.25, 0.3) is 0 Å². The molecule has 424 valence electrons. The van der Waals surface area contributed by atoms with Gasteiger partial charge in [-0.2, -0.15) is 0 Å². The summed E-state index contributed by atoms with van der Waals surface area (Å²) in [4.78, 5) is 13.0. The molecule has 5 heterocycles. The van der Waals surface area contributed by atoms with E-state index in [2.05, 4.69) is 27.7 Å². The first-order valence-corrected chi connectivity index (χ1v) is 26.6. The Morgan fingerprint density at radius 2 is 1.39 bits per heavy atom. The number of fused-ring (bicyclic) bond motifs is 5. The summed E-state index contributed by atoms with van der Waals surface area (Å²) in [7, 11) is 0. The summed E-state index contributed by atoms with van der Waals surface area (Å²) in [5.41, 5.74) is -2.50.